The molecule has 8 aromatic rings. The number of rotatable bonds is 8. The van der Waals surface area contributed by atoms with E-state index in [1.165, 1.54) is 34.6 Å². The van der Waals surface area contributed by atoms with Crippen molar-refractivity contribution in [2.45, 2.75) is 64.2 Å². The normalized spacial score (nSPS) is 18.6. The summed E-state index contributed by atoms with van der Waals surface area (Å²) in [6.07, 6.45) is 11.2. The van der Waals surface area contributed by atoms with Crippen molar-refractivity contribution < 1.29 is 37.2 Å². The van der Waals surface area contributed by atoms with Crippen LogP contribution in [0.4, 0.5) is 29.7 Å². The second-order valence-electron chi connectivity index (χ2n) is 16.3. The van der Waals surface area contributed by atoms with Crippen molar-refractivity contribution in [3.63, 3.8) is 0 Å². The summed E-state index contributed by atoms with van der Waals surface area (Å²) in [4.78, 5) is 35.4. The number of cyclic esters (lactones) is 2. The number of halogens is 3. The summed E-state index contributed by atoms with van der Waals surface area (Å²) in [5.74, 6) is -0.933. The molecule has 3 saturated heterocycles. The van der Waals surface area contributed by atoms with Crippen LogP contribution in [0.5, 0.6) is 0 Å². The van der Waals surface area contributed by atoms with Gasteiger partial charge in [0.1, 0.15) is 36.5 Å². The summed E-state index contributed by atoms with van der Waals surface area (Å²) in [5.41, 5.74) is 2.62. The average Bonchev–Trinajstić information content (AvgIpc) is 4.15. The third-order valence-electron chi connectivity index (χ3n) is 11.4. The van der Waals surface area contributed by atoms with E-state index in [0.29, 0.717) is 59.8 Å². The van der Waals surface area contributed by atoms with Gasteiger partial charge >= 0.3 is 19.3 Å². The van der Waals surface area contributed by atoms with Crippen molar-refractivity contribution in [3.8, 4) is 11.1 Å². The minimum absolute atomic E-state index is 0.300. The molecule has 0 aliphatic carbocycles. The highest BCUT2D eigenvalue weighted by atomic mass is 79.9. The first-order valence-electron chi connectivity index (χ1n) is 20.5. The Kier molecular flexibility index (Phi) is 12.0. The predicted octanol–water partition coefficient (Wildman–Crippen LogP) is 5.39. The van der Waals surface area contributed by atoms with Crippen molar-refractivity contribution in [2.75, 3.05) is 22.9 Å². The molecule has 11 rings (SSSR count). The SMILES string of the molecule is Brc1ccn2ncnc2c1.CC1(C)OB(c2ccc(N3C[C@H](Cn4ccnn4)OC3=O)cc2F)OC1(C)C.O=C1O[C@@H](Cn2ccnn2)CN1c1ccc(-c2ccn3ncnc3c2)c(F)c1. The van der Waals surface area contributed by atoms with Crippen LogP contribution in [0.1, 0.15) is 27.7 Å². The summed E-state index contributed by atoms with van der Waals surface area (Å²) in [5, 5.41) is 23.2. The second kappa shape index (κ2) is 18.0. The summed E-state index contributed by atoms with van der Waals surface area (Å²) in [6, 6.07) is 16.6. The van der Waals surface area contributed by atoms with Crippen LogP contribution in [0.15, 0.2) is 115 Å². The number of pyridine rings is 2. The fraction of sp³-hybridized carbons (Fsp3) is 0.286. The van der Waals surface area contributed by atoms with Gasteiger partial charge in [0.2, 0.25) is 0 Å². The molecule has 3 aliphatic heterocycles. The van der Waals surface area contributed by atoms with Gasteiger partial charge in [-0.05, 0) is 87.9 Å². The lowest BCUT2D eigenvalue weighted by molar-refractivity contribution is 0.00578. The van der Waals surface area contributed by atoms with Crippen molar-refractivity contribution in [1.29, 1.82) is 0 Å². The summed E-state index contributed by atoms with van der Waals surface area (Å²) >= 11 is 3.34. The van der Waals surface area contributed by atoms with Crippen molar-refractivity contribution in [1.82, 2.24) is 59.2 Å². The Labute approximate surface area is 383 Å². The molecule has 6 aromatic heterocycles. The lowest BCUT2D eigenvalue weighted by Gasteiger charge is -2.32. The Balaban J connectivity index is 0.000000137. The molecule has 24 heteroatoms. The van der Waals surface area contributed by atoms with Gasteiger partial charge in [0.05, 0.1) is 61.1 Å². The van der Waals surface area contributed by atoms with Gasteiger partial charge in [-0.2, -0.15) is 10.2 Å². The zero-order chi connectivity index (χ0) is 46.2. The molecule has 2 aromatic carbocycles. The van der Waals surface area contributed by atoms with Gasteiger partial charge in [-0.1, -0.05) is 32.4 Å². The first-order chi connectivity index (χ1) is 31.7. The van der Waals surface area contributed by atoms with Crippen LogP contribution in [0.3, 0.4) is 0 Å². The van der Waals surface area contributed by atoms with Crippen molar-refractivity contribution >= 4 is 63.4 Å². The van der Waals surface area contributed by atoms with Crippen LogP contribution in [-0.4, -0.2) is 115 Å². The number of anilines is 2. The molecule has 3 fully saturated rings. The third kappa shape index (κ3) is 9.32. The number of carbonyl (C=O) groups is 2. The number of benzene rings is 2. The zero-order valence-corrected chi connectivity index (χ0v) is 37.4. The highest BCUT2D eigenvalue weighted by molar-refractivity contribution is 9.10. The van der Waals surface area contributed by atoms with Crippen LogP contribution >= 0.6 is 15.9 Å². The highest BCUT2D eigenvalue weighted by Gasteiger charge is 2.52. The molecule has 0 saturated carbocycles. The number of nitrogens with zero attached hydrogens (tertiary/aromatic N) is 14. The molecule has 2 amide bonds. The molecule has 0 bridgehead atoms. The van der Waals surface area contributed by atoms with Crippen LogP contribution in [0.25, 0.3) is 22.4 Å². The van der Waals surface area contributed by atoms with E-state index in [9.17, 15) is 18.4 Å². The Morgan fingerprint density at radius 3 is 1.74 bits per heavy atom. The molecule has 20 nitrogen and oxygen atoms in total. The van der Waals surface area contributed by atoms with Gasteiger partial charge in [0.15, 0.2) is 11.3 Å². The Bertz CT molecular complexity index is 2990. The average molecular weight is 966 g/mol. The number of aromatic nitrogens is 12. The number of ether oxygens (including phenoxy) is 2. The van der Waals surface area contributed by atoms with Crippen LogP contribution < -0.4 is 15.3 Å². The Morgan fingerprint density at radius 1 is 0.682 bits per heavy atom. The minimum atomic E-state index is -0.801. The van der Waals surface area contributed by atoms with Crippen molar-refractivity contribution in [3.05, 3.63) is 127 Å². The number of hydrogen-bond acceptors (Lipinski definition) is 14. The van der Waals surface area contributed by atoms with E-state index < -0.39 is 42.1 Å². The van der Waals surface area contributed by atoms with E-state index in [1.807, 2.05) is 46.0 Å². The minimum Gasteiger partial charge on any atom is -0.442 e. The van der Waals surface area contributed by atoms with Gasteiger partial charge in [-0.15, -0.1) is 10.2 Å². The van der Waals surface area contributed by atoms with E-state index in [2.05, 4.69) is 56.7 Å². The van der Waals surface area contributed by atoms with E-state index >= 15 is 0 Å². The maximum atomic E-state index is 14.8. The molecule has 2 atom stereocenters. The summed E-state index contributed by atoms with van der Waals surface area (Å²) < 4.78 is 59.7. The number of carbonyl (C=O) groups excluding carboxylic acids is 2. The first kappa shape index (κ1) is 44.0. The van der Waals surface area contributed by atoms with Crippen LogP contribution in [0.2, 0.25) is 0 Å². The van der Waals surface area contributed by atoms with Gasteiger partial charge < -0.3 is 18.8 Å². The highest BCUT2D eigenvalue weighted by Crippen LogP contribution is 2.37. The Morgan fingerprint density at radius 2 is 1.21 bits per heavy atom. The molecule has 0 N–H and O–H groups in total. The van der Waals surface area contributed by atoms with Gasteiger partial charge in [-0.25, -0.2) is 46.7 Å². The van der Waals surface area contributed by atoms with Crippen LogP contribution in [0, 0.1) is 11.6 Å². The molecule has 0 spiro atoms. The van der Waals surface area contributed by atoms with Crippen molar-refractivity contribution in [2.24, 2.45) is 0 Å². The topological polar surface area (TPSA) is 199 Å². The second-order valence-corrected chi connectivity index (χ2v) is 17.2. The number of amides is 2. The van der Waals surface area contributed by atoms with E-state index in [4.69, 9.17) is 18.8 Å². The molecular formula is C42H40BBrF2N14O6. The maximum absolute atomic E-state index is 14.8. The fourth-order valence-corrected chi connectivity index (χ4v) is 7.58. The Hall–Kier alpha value is -7.18. The number of fused-ring (bicyclic) bond motifs is 2. The summed E-state index contributed by atoms with van der Waals surface area (Å²) in [7, 11) is -0.801. The van der Waals surface area contributed by atoms with E-state index in [-0.39, 0.29) is 12.2 Å². The summed E-state index contributed by atoms with van der Waals surface area (Å²) in [6.45, 7) is 9.03. The maximum Gasteiger partial charge on any atom is 0.497 e. The molecule has 3 aliphatic rings. The standard InChI is InChI=1S/C18H22BFN4O4.C18H14FN7O2.C6H4BrN3/c1-17(2)18(3,4)28-19(27-17)14-6-5-12(9-15(14)20)24-11-13(26-16(24)25)10-23-8-7-21-22-23;19-16-8-13(25-10-14(28-18(25)27)9-24-6-4-21-23-24)1-2-15(16)12-3-5-26-17(7-12)20-11-22-26;7-5-1-2-10-6(3-5)8-4-9-10/h5-9,13H,10-11H2,1-4H3;1-8,11,14H,9-10H2;1-4H/t13-;14-;/m00./s1. The number of hydrogen-bond donors (Lipinski definition) is 0. The quantitative estimate of drug-likeness (QED) is 0.176. The first-order valence-corrected chi connectivity index (χ1v) is 21.3. The van der Waals surface area contributed by atoms with Gasteiger partial charge in [0.25, 0.3) is 0 Å². The molecular weight excluding hydrogens is 925 g/mol. The third-order valence-corrected chi connectivity index (χ3v) is 11.9. The lowest BCUT2D eigenvalue weighted by atomic mass is 9.78. The monoisotopic (exact) mass is 964 g/mol. The molecule has 338 valence electrons. The molecule has 9 heterocycles. The van der Waals surface area contributed by atoms with Gasteiger partial charge in [0, 0.05) is 40.3 Å². The van der Waals surface area contributed by atoms with Crippen LogP contribution in [-0.2, 0) is 31.9 Å². The fourth-order valence-electron chi connectivity index (χ4n) is 7.26. The largest absolute Gasteiger partial charge is 0.497 e. The smallest absolute Gasteiger partial charge is 0.442 e. The van der Waals surface area contributed by atoms with Gasteiger partial charge in [-0.3, -0.25) is 9.80 Å². The molecule has 66 heavy (non-hydrogen) atoms. The van der Waals surface area contributed by atoms with E-state index in [0.717, 1.165) is 10.1 Å². The molecule has 0 unspecified atom stereocenters. The van der Waals surface area contributed by atoms with E-state index in [1.54, 1.807) is 85.8 Å². The zero-order valence-electron chi connectivity index (χ0n) is 35.8. The molecule has 0 radical (unpaired) electrons. The predicted molar refractivity (Wildman–Crippen MR) is 236 cm³/mol. The lowest BCUT2D eigenvalue weighted by Crippen LogP contribution is -2.41.